The van der Waals surface area contributed by atoms with Gasteiger partial charge in [-0.1, -0.05) is 11.8 Å². The van der Waals surface area contributed by atoms with Crippen LogP contribution in [0.2, 0.25) is 0 Å². The van der Waals surface area contributed by atoms with Gasteiger partial charge in [-0.25, -0.2) is 0 Å². The third-order valence-electron chi connectivity index (χ3n) is 2.40. The first kappa shape index (κ1) is 9.98. The normalized spacial score (nSPS) is 16.1. The van der Waals surface area contributed by atoms with Crippen molar-refractivity contribution < 1.29 is 0 Å². The van der Waals surface area contributed by atoms with Gasteiger partial charge in [-0.3, -0.25) is 0 Å². The molecule has 2 N–H and O–H groups in total. The number of hydrogen-bond acceptors (Lipinski definition) is 4. The average molecular weight is 212 g/mol. The minimum atomic E-state index is 0.649. The SMILES string of the molecule is Cc1nnc(SCC2CC2)n1CCN. The highest BCUT2D eigenvalue weighted by Gasteiger charge is 2.22. The summed E-state index contributed by atoms with van der Waals surface area (Å²) in [7, 11) is 0. The summed E-state index contributed by atoms with van der Waals surface area (Å²) >= 11 is 1.81. The number of aromatic nitrogens is 3. The molecule has 78 valence electrons. The van der Waals surface area contributed by atoms with Crippen LogP contribution in [0.3, 0.4) is 0 Å². The van der Waals surface area contributed by atoms with E-state index in [1.165, 1.54) is 18.6 Å². The van der Waals surface area contributed by atoms with Gasteiger partial charge in [0.2, 0.25) is 0 Å². The van der Waals surface area contributed by atoms with Crippen molar-refractivity contribution in [3.63, 3.8) is 0 Å². The lowest BCUT2D eigenvalue weighted by molar-refractivity contribution is 0.627. The zero-order valence-electron chi connectivity index (χ0n) is 8.44. The van der Waals surface area contributed by atoms with Crippen molar-refractivity contribution in [1.82, 2.24) is 14.8 Å². The maximum absolute atomic E-state index is 5.54. The highest BCUT2D eigenvalue weighted by molar-refractivity contribution is 7.99. The predicted octanol–water partition coefficient (Wildman–Crippen LogP) is 1.05. The molecule has 1 aliphatic rings. The van der Waals surface area contributed by atoms with Gasteiger partial charge in [0.05, 0.1) is 0 Å². The number of aryl methyl sites for hydroxylation is 1. The Balaban J connectivity index is 1.98. The van der Waals surface area contributed by atoms with Crippen LogP contribution in [0.5, 0.6) is 0 Å². The van der Waals surface area contributed by atoms with Crippen molar-refractivity contribution in [2.45, 2.75) is 31.5 Å². The zero-order chi connectivity index (χ0) is 9.97. The Morgan fingerprint density at radius 1 is 1.50 bits per heavy atom. The molecule has 0 atom stereocenters. The third-order valence-corrected chi connectivity index (χ3v) is 3.60. The van der Waals surface area contributed by atoms with E-state index in [1.807, 2.05) is 18.7 Å². The number of rotatable bonds is 5. The lowest BCUT2D eigenvalue weighted by Crippen LogP contribution is -2.12. The first-order valence-electron chi connectivity index (χ1n) is 5.04. The highest BCUT2D eigenvalue weighted by atomic mass is 32.2. The summed E-state index contributed by atoms with van der Waals surface area (Å²) in [6, 6.07) is 0. The molecule has 1 heterocycles. The third kappa shape index (κ3) is 2.27. The average Bonchev–Trinajstić information content (AvgIpc) is 2.94. The molecule has 0 spiro atoms. The van der Waals surface area contributed by atoms with Gasteiger partial charge in [0, 0.05) is 18.8 Å². The molecule has 1 fully saturated rings. The van der Waals surface area contributed by atoms with Crippen molar-refractivity contribution in [3.05, 3.63) is 5.82 Å². The van der Waals surface area contributed by atoms with E-state index in [-0.39, 0.29) is 0 Å². The molecule has 1 aromatic heterocycles. The Morgan fingerprint density at radius 2 is 2.29 bits per heavy atom. The van der Waals surface area contributed by atoms with Gasteiger partial charge in [0.15, 0.2) is 5.16 Å². The summed E-state index contributed by atoms with van der Waals surface area (Å²) in [5, 5.41) is 9.25. The van der Waals surface area contributed by atoms with Crippen LogP contribution in [0.15, 0.2) is 5.16 Å². The second-order valence-electron chi connectivity index (χ2n) is 3.72. The maximum atomic E-state index is 5.54. The standard InChI is InChI=1S/C9H16N4S/c1-7-11-12-9(13(7)5-4-10)14-6-8-2-3-8/h8H,2-6,10H2,1H3. The molecular formula is C9H16N4S. The largest absolute Gasteiger partial charge is 0.329 e. The van der Waals surface area contributed by atoms with Gasteiger partial charge in [-0.05, 0) is 25.7 Å². The molecular weight excluding hydrogens is 196 g/mol. The van der Waals surface area contributed by atoms with Crippen molar-refractivity contribution in [2.75, 3.05) is 12.3 Å². The molecule has 0 amide bonds. The van der Waals surface area contributed by atoms with E-state index in [1.54, 1.807) is 0 Å². The lowest BCUT2D eigenvalue weighted by atomic mass is 10.5. The Bertz CT molecular complexity index is 306. The fourth-order valence-electron chi connectivity index (χ4n) is 1.33. The second kappa shape index (κ2) is 4.31. The molecule has 0 unspecified atom stereocenters. The first-order chi connectivity index (χ1) is 6.81. The van der Waals surface area contributed by atoms with Crippen LogP contribution >= 0.6 is 11.8 Å². The van der Waals surface area contributed by atoms with E-state index in [9.17, 15) is 0 Å². The maximum Gasteiger partial charge on any atom is 0.191 e. The zero-order valence-corrected chi connectivity index (χ0v) is 9.26. The molecule has 1 aliphatic carbocycles. The van der Waals surface area contributed by atoms with E-state index >= 15 is 0 Å². The van der Waals surface area contributed by atoms with Crippen LogP contribution in [0.4, 0.5) is 0 Å². The lowest BCUT2D eigenvalue weighted by Gasteiger charge is -2.05. The number of hydrogen-bond donors (Lipinski definition) is 1. The molecule has 0 bridgehead atoms. The van der Waals surface area contributed by atoms with Crippen LogP contribution in [0.25, 0.3) is 0 Å². The molecule has 5 heteroatoms. The molecule has 0 saturated heterocycles. The van der Waals surface area contributed by atoms with Gasteiger partial charge < -0.3 is 10.3 Å². The molecule has 0 radical (unpaired) electrons. The molecule has 1 aromatic rings. The molecule has 0 aromatic carbocycles. The molecule has 0 aliphatic heterocycles. The van der Waals surface area contributed by atoms with E-state index in [4.69, 9.17) is 5.73 Å². The van der Waals surface area contributed by atoms with Crippen LogP contribution in [-0.4, -0.2) is 27.1 Å². The Kier molecular flexibility index (Phi) is 3.08. The van der Waals surface area contributed by atoms with Gasteiger partial charge in [0.25, 0.3) is 0 Å². The summed E-state index contributed by atoms with van der Waals surface area (Å²) in [5.41, 5.74) is 5.54. The molecule has 4 nitrogen and oxygen atoms in total. The van der Waals surface area contributed by atoms with Crippen molar-refractivity contribution >= 4 is 11.8 Å². The summed E-state index contributed by atoms with van der Waals surface area (Å²) in [5.74, 6) is 3.07. The minimum absolute atomic E-state index is 0.649. The molecule has 1 saturated carbocycles. The Hall–Kier alpha value is -0.550. The fourth-order valence-corrected chi connectivity index (χ4v) is 2.53. The first-order valence-corrected chi connectivity index (χ1v) is 6.02. The fraction of sp³-hybridized carbons (Fsp3) is 0.778. The van der Waals surface area contributed by atoms with E-state index in [2.05, 4.69) is 14.8 Å². The van der Waals surface area contributed by atoms with E-state index in [0.29, 0.717) is 6.54 Å². The Labute approximate surface area is 88.3 Å². The highest BCUT2D eigenvalue weighted by Crippen LogP contribution is 2.34. The summed E-state index contributed by atoms with van der Waals surface area (Å²) in [6.07, 6.45) is 2.77. The van der Waals surface area contributed by atoms with Crippen LogP contribution in [-0.2, 0) is 6.54 Å². The van der Waals surface area contributed by atoms with Gasteiger partial charge in [-0.2, -0.15) is 0 Å². The minimum Gasteiger partial charge on any atom is -0.329 e. The van der Waals surface area contributed by atoms with E-state index < -0.39 is 0 Å². The number of nitrogens with zero attached hydrogens (tertiary/aromatic N) is 3. The van der Waals surface area contributed by atoms with Crippen molar-refractivity contribution in [3.8, 4) is 0 Å². The topological polar surface area (TPSA) is 56.7 Å². The van der Waals surface area contributed by atoms with Gasteiger partial charge >= 0.3 is 0 Å². The number of thioether (sulfide) groups is 1. The van der Waals surface area contributed by atoms with Crippen LogP contribution in [0, 0.1) is 12.8 Å². The Morgan fingerprint density at radius 3 is 2.93 bits per heavy atom. The second-order valence-corrected chi connectivity index (χ2v) is 4.71. The van der Waals surface area contributed by atoms with Gasteiger partial charge in [0.1, 0.15) is 5.82 Å². The summed E-state index contributed by atoms with van der Waals surface area (Å²) in [6.45, 7) is 3.45. The predicted molar refractivity (Wildman–Crippen MR) is 57.3 cm³/mol. The van der Waals surface area contributed by atoms with Gasteiger partial charge in [-0.15, -0.1) is 10.2 Å². The molecule has 2 rings (SSSR count). The van der Waals surface area contributed by atoms with E-state index in [0.717, 1.165) is 23.4 Å². The van der Waals surface area contributed by atoms with Crippen molar-refractivity contribution in [1.29, 1.82) is 0 Å². The van der Waals surface area contributed by atoms with Crippen LogP contribution < -0.4 is 5.73 Å². The smallest absolute Gasteiger partial charge is 0.191 e. The number of nitrogens with two attached hydrogens (primary N) is 1. The molecule has 14 heavy (non-hydrogen) atoms. The van der Waals surface area contributed by atoms with Crippen LogP contribution in [0.1, 0.15) is 18.7 Å². The van der Waals surface area contributed by atoms with Crippen molar-refractivity contribution in [2.24, 2.45) is 11.7 Å². The summed E-state index contributed by atoms with van der Waals surface area (Å²) < 4.78 is 2.10. The monoisotopic (exact) mass is 212 g/mol. The quantitative estimate of drug-likeness (QED) is 0.741. The summed E-state index contributed by atoms with van der Waals surface area (Å²) in [4.78, 5) is 0.